The van der Waals surface area contributed by atoms with Gasteiger partial charge in [-0.3, -0.25) is 0 Å². The van der Waals surface area contributed by atoms with Crippen LogP contribution >= 0.6 is 11.8 Å². The second-order valence-electron chi connectivity index (χ2n) is 4.24. The van der Waals surface area contributed by atoms with E-state index in [0.717, 1.165) is 18.7 Å². The van der Waals surface area contributed by atoms with Gasteiger partial charge in [-0.05, 0) is 31.6 Å². The fourth-order valence-corrected chi connectivity index (χ4v) is 2.86. The Balaban J connectivity index is 1.76. The minimum atomic E-state index is 0.477. The third kappa shape index (κ3) is 4.20. The molecule has 1 aliphatic heterocycles. The highest BCUT2D eigenvalue weighted by Crippen LogP contribution is 2.20. The number of aromatic nitrogens is 2. The maximum Gasteiger partial charge on any atom is 0.315 e. The average Bonchev–Trinajstić information content (AvgIpc) is 2.79. The van der Waals surface area contributed by atoms with Crippen molar-refractivity contribution in [3.05, 3.63) is 5.89 Å². The Bertz CT molecular complexity index is 325. The summed E-state index contributed by atoms with van der Waals surface area (Å²) in [7, 11) is 0. The summed E-state index contributed by atoms with van der Waals surface area (Å²) in [6.45, 7) is 3.76. The van der Waals surface area contributed by atoms with Crippen molar-refractivity contribution < 1.29 is 4.42 Å². The zero-order valence-corrected chi connectivity index (χ0v) is 11.1. The zero-order chi connectivity index (χ0) is 11.9. The lowest BCUT2D eigenvalue weighted by Gasteiger charge is -2.20. The Morgan fingerprint density at radius 2 is 2.41 bits per heavy atom. The summed E-state index contributed by atoms with van der Waals surface area (Å²) in [5.74, 6) is 3.06. The normalized spacial score (nSPS) is 20.4. The molecule has 17 heavy (non-hydrogen) atoms. The van der Waals surface area contributed by atoms with Crippen LogP contribution in [0.25, 0.3) is 0 Å². The Morgan fingerprint density at radius 1 is 1.47 bits per heavy atom. The van der Waals surface area contributed by atoms with Crippen molar-refractivity contribution in [3.63, 3.8) is 0 Å². The maximum atomic E-state index is 5.53. The van der Waals surface area contributed by atoms with Gasteiger partial charge in [-0.25, -0.2) is 0 Å². The lowest BCUT2D eigenvalue weighted by molar-refractivity contribution is 0.472. The molecule has 0 bridgehead atoms. The van der Waals surface area contributed by atoms with Gasteiger partial charge in [0.1, 0.15) is 0 Å². The van der Waals surface area contributed by atoms with E-state index in [-0.39, 0.29) is 0 Å². The molecule has 1 aliphatic rings. The second kappa shape index (κ2) is 6.86. The van der Waals surface area contributed by atoms with Gasteiger partial charge < -0.3 is 15.1 Å². The lowest BCUT2D eigenvalue weighted by atomic mass is 10.2. The summed E-state index contributed by atoms with van der Waals surface area (Å²) in [5.41, 5.74) is 0. The molecule has 0 aromatic carbocycles. The van der Waals surface area contributed by atoms with Crippen molar-refractivity contribution in [3.8, 4) is 0 Å². The minimum Gasteiger partial charge on any atom is -0.407 e. The van der Waals surface area contributed by atoms with Crippen LogP contribution in [0, 0.1) is 0 Å². The highest BCUT2D eigenvalue weighted by atomic mass is 32.2. The summed E-state index contributed by atoms with van der Waals surface area (Å²) in [6, 6.07) is 1.04. The molecule has 1 saturated heterocycles. The average molecular weight is 256 g/mol. The predicted molar refractivity (Wildman–Crippen MR) is 70.3 cm³/mol. The molecule has 1 aromatic rings. The van der Waals surface area contributed by atoms with Crippen LogP contribution in [-0.2, 0) is 6.54 Å². The smallest absolute Gasteiger partial charge is 0.315 e. The van der Waals surface area contributed by atoms with Crippen LogP contribution in [0.15, 0.2) is 4.42 Å². The number of anilines is 1. The molecule has 0 radical (unpaired) electrons. The summed E-state index contributed by atoms with van der Waals surface area (Å²) in [5, 5.41) is 14.6. The second-order valence-corrected chi connectivity index (χ2v) is 5.39. The quantitative estimate of drug-likeness (QED) is 0.758. The van der Waals surface area contributed by atoms with Crippen molar-refractivity contribution in [1.29, 1.82) is 0 Å². The Kier molecular flexibility index (Phi) is 5.12. The number of hydrogen-bond donors (Lipinski definition) is 2. The first-order chi connectivity index (χ1) is 8.38. The monoisotopic (exact) mass is 256 g/mol. The van der Waals surface area contributed by atoms with Gasteiger partial charge in [0.15, 0.2) is 0 Å². The van der Waals surface area contributed by atoms with Crippen molar-refractivity contribution in [1.82, 2.24) is 15.5 Å². The topological polar surface area (TPSA) is 63.0 Å². The Hall–Kier alpha value is -0.750. The van der Waals surface area contributed by atoms with Crippen LogP contribution in [0.3, 0.4) is 0 Å². The highest BCUT2D eigenvalue weighted by Gasteiger charge is 2.16. The molecule has 2 N–H and O–H groups in total. The highest BCUT2D eigenvalue weighted by molar-refractivity contribution is 7.99. The molecule has 0 amide bonds. The first-order valence-electron chi connectivity index (χ1n) is 6.26. The third-order valence-corrected chi connectivity index (χ3v) is 3.87. The Morgan fingerprint density at radius 3 is 3.18 bits per heavy atom. The predicted octanol–water partition coefficient (Wildman–Crippen LogP) is 1.88. The van der Waals surface area contributed by atoms with Gasteiger partial charge in [0, 0.05) is 11.8 Å². The van der Waals surface area contributed by atoms with E-state index < -0.39 is 0 Å². The van der Waals surface area contributed by atoms with E-state index in [2.05, 4.69) is 27.8 Å². The minimum absolute atomic E-state index is 0.477. The van der Waals surface area contributed by atoms with Gasteiger partial charge in [-0.15, -0.1) is 5.10 Å². The zero-order valence-electron chi connectivity index (χ0n) is 10.2. The molecule has 1 atom stereocenters. The van der Waals surface area contributed by atoms with E-state index >= 15 is 0 Å². The van der Waals surface area contributed by atoms with Gasteiger partial charge in [0.05, 0.1) is 6.54 Å². The number of nitrogens with one attached hydrogen (secondary N) is 2. The number of nitrogens with zero attached hydrogens (tertiary/aromatic N) is 2. The van der Waals surface area contributed by atoms with Crippen molar-refractivity contribution >= 4 is 17.8 Å². The molecular formula is C11H20N4OS. The van der Waals surface area contributed by atoms with Crippen LogP contribution in [0.4, 0.5) is 6.01 Å². The first-order valence-corrected chi connectivity index (χ1v) is 7.41. The van der Waals surface area contributed by atoms with Crippen LogP contribution in [-0.4, -0.2) is 34.3 Å². The molecule has 1 aromatic heterocycles. The standard InChI is InChI=1S/C11H20N4OS/c1-2-5-12-7-10-14-15-11(16-10)13-9-4-3-6-17-8-9/h9,12H,2-8H2,1H3,(H,13,15). The molecule has 1 fully saturated rings. The van der Waals surface area contributed by atoms with Crippen molar-refractivity contribution in [2.75, 3.05) is 23.4 Å². The maximum absolute atomic E-state index is 5.53. The fraction of sp³-hybridized carbons (Fsp3) is 0.818. The van der Waals surface area contributed by atoms with Crippen LogP contribution in [0.1, 0.15) is 32.1 Å². The van der Waals surface area contributed by atoms with E-state index in [1.165, 1.54) is 18.6 Å². The number of rotatable bonds is 6. The van der Waals surface area contributed by atoms with E-state index in [0.29, 0.717) is 24.5 Å². The summed E-state index contributed by atoms with van der Waals surface area (Å²) in [4.78, 5) is 0. The number of thioether (sulfide) groups is 1. The molecule has 2 heterocycles. The summed E-state index contributed by atoms with van der Waals surface area (Å²) >= 11 is 1.98. The molecular weight excluding hydrogens is 236 g/mol. The van der Waals surface area contributed by atoms with Gasteiger partial charge in [-0.2, -0.15) is 11.8 Å². The van der Waals surface area contributed by atoms with Crippen LogP contribution in [0.2, 0.25) is 0 Å². The van der Waals surface area contributed by atoms with Gasteiger partial charge >= 0.3 is 6.01 Å². The molecule has 2 rings (SSSR count). The third-order valence-electron chi connectivity index (χ3n) is 2.66. The van der Waals surface area contributed by atoms with Crippen molar-refractivity contribution in [2.45, 2.75) is 38.8 Å². The van der Waals surface area contributed by atoms with Gasteiger partial charge in [0.25, 0.3) is 0 Å². The van der Waals surface area contributed by atoms with Gasteiger partial charge in [-0.1, -0.05) is 12.0 Å². The lowest BCUT2D eigenvalue weighted by Crippen LogP contribution is -2.25. The number of hydrogen-bond acceptors (Lipinski definition) is 6. The summed E-state index contributed by atoms with van der Waals surface area (Å²) in [6.07, 6.45) is 3.57. The molecule has 96 valence electrons. The van der Waals surface area contributed by atoms with E-state index in [9.17, 15) is 0 Å². The van der Waals surface area contributed by atoms with Crippen LogP contribution < -0.4 is 10.6 Å². The molecule has 6 heteroatoms. The van der Waals surface area contributed by atoms with Crippen molar-refractivity contribution in [2.24, 2.45) is 0 Å². The van der Waals surface area contributed by atoms with Crippen LogP contribution in [0.5, 0.6) is 0 Å². The molecule has 5 nitrogen and oxygen atoms in total. The SMILES string of the molecule is CCCNCc1nnc(NC2CCCSC2)o1. The fourth-order valence-electron chi connectivity index (χ4n) is 1.78. The van der Waals surface area contributed by atoms with E-state index in [1.54, 1.807) is 0 Å². The largest absolute Gasteiger partial charge is 0.407 e. The first kappa shape index (κ1) is 12.7. The molecule has 0 saturated carbocycles. The molecule has 0 aliphatic carbocycles. The van der Waals surface area contributed by atoms with E-state index in [1.807, 2.05) is 11.8 Å². The van der Waals surface area contributed by atoms with Gasteiger partial charge in [0.2, 0.25) is 5.89 Å². The Labute approximate surface area is 106 Å². The summed E-state index contributed by atoms with van der Waals surface area (Å²) < 4.78 is 5.53. The van der Waals surface area contributed by atoms with E-state index in [4.69, 9.17) is 4.42 Å². The molecule has 0 spiro atoms. The molecule has 1 unspecified atom stereocenters.